The van der Waals surface area contributed by atoms with Gasteiger partial charge >= 0.3 is 5.97 Å². The monoisotopic (exact) mass is 582 g/mol. The van der Waals surface area contributed by atoms with E-state index in [9.17, 15) is 45.6 Å². The SMILES string of the molecule is CCCCCCCCCCCC(=O)OC(CCCO)[C@@]1(O[C@H]2O[C@H](CO)[C@@H](O)[C@H](O)[C@H]2O)O[C@H](CO)[C@@H](O)[C@@H]1O. The highest BCUT2D eigenvalue weighted by atomic mass is 16.8. The van der Waals surface area contributed by atoms with Gasteiger partial charge in [-0.2, -0.15) is 0 Å². The lowest BCUT2D eigenvalue weighted by molar-refractivity contribution is -0.396. The van der Waals surface area contributed by atoms with Crippen molar-refractivity contribution in [3.63, 3.8) is 0 Å². The van der Waals surface area contributed by atoms with E-state index in [4.69, 9.17) is 18.9 Å². The lowest BCUT2D eigenvalue weighted by atomic mass is 9.95. The van der Waals surface area contributed by atoms with E-state index in [1.165, 1.54) is 25.7 Å². The molecule has 40 heavy (non-hydrogen) atoms. The Morgan fingerprint density at radius 3 is 1.93 bits per heavy atom. The predicted octanol–water partition coefficient (Wildman–Crippen LogP) is -0.783. The molecular weight excluding hydrogens is 532 g/mol. The summed E-state index contributed by atoms with van der Waals surface area (Å²) in [6.07, 6.45) is -5.46. The normalized spacial score (nSPS) is 35.1. The summed E-state index contributed by atoms with van der Waals surface area (Å²) < 4.78 is 22.6. The summed E-state index contributed by atoms with van der Waals surface area (Å²) in [7, 11) is 0. The quantitative estimate of drug-likeness (QED) is 0.0693. The van der Waals surface area contributed by atoms with Crippen molar-refractivity contribution in [2.75, 3.05) is 19.8 Å². The van der Waals surface area contributed by atoms with E-state index in [2.05, 4.69) is 6.92 Å². The Bertz CT molecular complexity index is 710. The third-order valence-corrected chi connectivity index (χ3v) is 7.61. The second-order valence-corrected chi connectivity index (χ2v) is 10.7. The Balaban J connectivity index is 2.13. The largest absolute Gasteiger partial charge is 0.456 e. The minimum absolute atomic E-state index is 0.0592. The minimum Gasteiger partial charge on any atom is -0.456 e. The zero-order valence-corrected chi connectivity index (χ0v) is 23.4. The molecule has 0 aromatic carbocycles. The van der Waals surface area contributed by atoms with Gasteiger partial charge < -0.3 is 59.8 Å². The van der Waals surface area contributed by atoms with E-state index >= 15 is 0 Å². The van der Waals surface area contributed by atoms with E-state index < -0.39 is 80.1 Å². The summed E-state index contributed by atoms with van der Waals surface area (Å²) in [5.41, 5.74) is 0. The Hall–Kier alpha value is -0.970. The first-order valence-corrected chi connectivity index (χ1v) is 14.6. The standard InChI is InChI=1S/C27H50O13/c1-2-3-4-5-6-7-8-9-10-13-20(31)38-19(12-11-14-28)27(25(36)22(33)18(16-30)39-27)40-26-24(35)23(34)21(32)17(15-29)37-26/h17-19,21-26,28-30,32-36H,2-16H2,1H3/t17-,18-,19?,21-,22-,23+,24-,25+,26-,27+/m1/s1. The maximum Gasteiger partial charge on any atom is 0.306 e. The summed E-state index contributed by atoms with van der Waals surface area (Å²) >= 11 is 0. The number of carbonyl (C=O) groups is 1. The molecular formula is C27H50O13. The molecule has 13 nitrogen and oxygen atoms in total. The molecule has 0 aromatic heterocycles. The molecule has 0 spiro atoms. The third kappa shape index (κ3) is 9.27. The van der Waals surface area contributed by atoms with E-state index in [1.807, 2.05) is 0 Å². The molecule has 2 aliphatic heterocycles. The smallest absolute Gasteiger partial charge is 0.306 e. The van der Waals surface area contributed by atoms with Gasteiger partial charge in [0.2, 0.25) is 5.79 Å². The molecule has 0 radical (unpaired) electrons. The molecule has 2 saturated heterocycles. The molecule has 0 bridgehead atoms. The lowest BCUT2D eigenvalue weighted by Crippen LogP contribution is -2.64. The van der Waals surface area contributed by atoms with Gasteiger partial charge in [-0.15, -0.1) is 0 Å². The van der Waals surface area contributed by atoms with Crippen molar-refractivity contribution in [1.29, 1.82) is 0 Å². The molecule has 0 aliphatic carbocycles. The first kappa shape index (κ1) is 35.2. The van der Waals surface area contributed by atoms with Gasteiger partial charge in [-0.05, 0) is 19.3 Å². The predicted molar refractivity (Wildman–Crippen MR) is 140 cm³/mol. The van der Waals surface area contributed by atoms with Gasteiger partial charge in [0.25, 0.3) is 0 Å². The fraction of sp³-hybridized carbons (Fsp3) is 0.963. The summed E-state index contributed by atoms with van der Waals surface area (Å²) in [4.78, 5) is 12.8. The molecule has 2 rings (SSSR count). The zero-order chi connectivity index (χ0) is 29.7. The number of aliphatic hydroxyl groups is 8. The Labute approximate surface area is 235 Å². The van der Waals surface area contributed by atoms with Crippen LogP contribution >= 0.6 is 0 Å². The van der Waals surface area contributed by atoms with Crippen LogP contribution in [0.3, 0.4) is 0 Å². The number of carbonyl (C=O) groups excluding carboxylic acids is 1. The number of ether oxygens (including phenoxy) is 4. The molecule has 2 fully saturated rings. The number of aliphatic hydroxyl groups excluding tert-OH is 8. The lowest BCUT2D eigenvalue weighted by Gasteiger charge is -2.45. The van der Waals surface area contributed by atoms with Crippen LogP contribution in [0.15, 0.2) is 0 Å². The highest BCUT2D eigenvalue weighted by Crippen LogP contribution is 2.41. The number of rotatable bonds is 19. The number of unbranched alkanes of at least 4 members (excludes halogenated alkanes) is 8. The van der Waals surface area contributed by atoms with E-state index in [-0.39, 0.29) is 25.9 Å². The van der Waals surface area contributed by atoms with E-state index in [0.29, 0.717) is 6.42 Å². The first-order valence-electron chi connectivity index (χ1n) is 14.6. The number of hydrogen-bond donors (Lipinski definition) is 8. The van der Waals surface area contributed by atoms with Crippen LogP contribution < -0.4 is 0 Å². The third-order valence-electron chi connectivity index (χ3n) is 7.61. The van der Waals surface area contributed by atoms with Crippen LogP contribution in [-0.4, -0.2) is 128 Å². The highest BCUT2D eigenvalue weighted by molar-refractivity contribution is 5.69. The van der Waals surface area contributed by atoms with Crippen molar-refractivity contribution < 1.29 is 64.6 Å². The van der Waals surface area contributed by atoms with Crippen molar-refractivity contribution in [3.8, 4) is 0 Å². The van der Waals surface area contributed by atoms with Crippen LogP contribution in [0.1, 0.15) is 84.0 Å². The van der Waals surface area contributed by atoms with Crippen LogP contribution in [0.4, 0.5) is 0 Å². The average molecular weight is 583 g/mol. The minimum atomic E-state index is -2.39. The van der Waals surface area contributed by atoms with Gasteiger partial charge in [0.05, 0.1) is 13.2 Å². The molecule has 0 aromatic rings. The van der Waals surface area contributed by atoms with Gasteiger partial charge in [-0.1, -0.05) is 58.3 Å². The van der Waals surface area contributed by atoms with Crippen molar-refractivity contribution >= 4 is 5.97 Å². The second-order valence-electron chi connectivity index (χ2n) is 10.7. The van der Waals surface area contributed by atoms with Crippen molar-refractivity contribution in [3.05, 3.63) is 0 Å². The molecule has 2 heterocycles. The average Bonchev–Trinajstić information content (AvgIpc) is 3.19. The molecule has 0 saturated carbocycles. The maximum absolute atomic E-state index is 12.8. The van der Waals surface area contributed by atoms with Gasteiger partial charge in [-0.25, -0.2) is 0 Å². The van der Waals surface area contributed by atoms with E-state index in [0.717, 1.165) is 25.7 Å². The fourth-order valence-corrected chi connectivity index (χ4v) is 5.17. The molecule has 10 atom stereocenters. The molecule has 2 aliphatic rings. The van der Waals surface area contributed by atoms with Crippen molar-refractivity contribution in [2.45, 2.75) is 145 Å². The van der Waals surface area contributed by atoms with Crippen LogP contribution in [0.25, 0.3) is 0 Å². The van der Waals surface area contributed by atoms with Crippen LogP contribution in [0, 0.1) is 0 Å². The van der Waals surface area contributed by atoms with Crippen LogP contribution in [-0.2, 0) is 23.7 Å². The maximum atomic E-state index is 12.8. The highest BCUT2D eigenvalue weighted by Gasteiger charge is 2.63. The molecule has 13 heteroatoms. The zero-order valence-electron chi connectivity index (χ0n) is 23.4. The summed E-state index contributed by atoms with van der Waals surface area (Å²) in [5.74, 6) is -3.02. The molecule has 236 valence electrons. The second kappa shape index (κ2) is 17.9. The molecule has 0 amide bonds. The van der Waals surface area contributed by atoms with Crippen molar-refractivity contribution in [1.82, 2.24) is 0 Å². The van der Waals surface area contributed by atoms with Crippen molar-refractivity contribution in [2.24, 2.45) is 0 Å². The number of hydrogen-bond acceptors (Lipinski definition) is 13. The first-order chi connectivity index (χ1) is 19.2. The molecule has 1 unspecified atom stereocenters. The van der Waals surface area contributed by atoms with Gasteiger partial charge in [-0.3, -0.25) is 4.79 Å². The Morgan fingerprint density at radius 1 is 0.775 bits per heavy atom. The summed E-state index contributed by atoms with van der Waals surface area (Å²) in [6.45, 7) is 0.371. The summed E-state index contributed by atoms with van der Waals surface area (Å²) in [5, 5.41) is 81.1. The number of esters is 1. The van der Waals surface area contributed by atoms with Gasteiger partial charge in [0.1, 0.15) is 42.7 Å². The molecule has 8 N–H and O–H groups in total. The van der Waals surface area contributed by atoms with Crippen LogP contribution in [0.5, 0.6) is 0 Å². The van der Waals surface area contributed by atoms with Gasteiger partial charge in [0.15, 0.2) is 12.4 Å². The topological polar surface area (TPSA) is 216 Å². The Morgan fingerprint density at radius 2 is 1.38 bits per heavy atom. The van der Waals surface area contributed by atoms with Gasteiger partial charge in [0, 0.05) is 13.0 Å². The Kier molecular flexibility index (Phi) is 15.7. The summed E-state index contributed by atoms with van der Waals surface area (Å²) in [6, 6.07) is 0. The van der Waals surface area contributed by atoms with Crippen LogP contribution in [0.2, 0.25) is 0 Å². The fourth-order valence-electron chi connectivity index (χ4n) is 5.17. The van der Waals surface area contributed by atoms with E-state index in [1.54, 1.807) is 0 Å².